The quantitative estimate of drug-likeness (QED) is 0.654. The molecule has 0 saturated carbocycles. The van der Waals surface area contributed by atoms with Gasteiger partial charge < -0.3 is 19.8 Å². The molecule has 0 unspecified atom stereocenters. The molecule has 3 rings (SSSR count). The monoisotopic (exact) mass is 378 g/mol. The number of ether oxygens (including phenoxy) is 1. The molecule has 0 aliphatic heterocycles. The Hall–Kier alpha value is -3.54. The Morgan fingerprint density at radius 1 is 1.00 bits per heavy atom. The summed E-state index contributed by atoms with van der Waals surface area (Å²) >= 11 is 0. The summed E-state index contributed by atoms with van der Waals surface area (Å²) in [5.41, 5.74) is 3.05. The fourth-order valence-electron chi connectivity index (χ4n) is 2.60. The molecule has 0 radical (unpaired) electrons. The number of hydrogen-bond acceptors (Lipinski definition) is 4. The number of benzene rings is 2. The molecule has 0 spiro atoms. The van der Waals surface area contributed by atoms with Gasteiger partial charge in [-0.2, -0.15) is 0 Å². The molecule has 0 aliphatic carbocycles. The van der Waals surface area contributed by atoms with Crippen LogP contribution < -0.4 is 15.4 Å². The number of anilines is 1. The first-order valence-corrected chi connectivity index (χ1v) is 8.92. The van der Waals surface area contributed by atoms with Gasteiger partial charge >= 0.3 is 0 Å². The number of amides is 2. The highest BCUT2D eigenvalue weighted by atomic mass is 16.5. The summed E-state index contributed by atoms with van der Waals surface area (Å²) in [7, 11) is 0. The lowest BCUT2D eigenvalue weighted by Crippen LogP contribution is -2.26. The molecule has 0 aliphatic rings. The van der Waals surface area contributed by atoms with Gasteiger partial charge in [0, 0.05) is 0 Å². The van der Waals surface area contributed by atoms with Crippen LogP contribution in [0.2, 0.25) is 0 Å². The van der Waals surface area contributed by atoms with Gasteiger partial charge in [-0.1, -0.05) is 18.2 Å². The maximum absolute atomic E-state index is 12.5. The first-order valence-electron chi connectivity index (χ1n) is 8.92. The number of furan rings is 1. The summed E-state index contributed by atoms with van der Waals surface area (Å²) in [6, 6.07) is 16.0. The zero-order chi connectivity index (χ0) is 19.9. The number of nitrogens with one attached hydrogen (secondary N) is 2. The Labute approximate surface area is 163 Å². The Morgan fingerprint density at radius 3 is 2.57 bits per heavy atom. The summed E-state index contributed by atoms with van der Waals surface area (Å²) < 4.78 is 10.8. The van der Waals surface area contributed by atoms with E-state index in [-0.39, 0.29) is 25.0 Å². The molecule has 0 saturated heterocycles. The van der Waals surface area contributed by atoms with E-state index in [1.807, 2.05) is 32.0 Å². The van der Waals surface area contributed by atoms with Crippen LogP contribution in [-0.4, -0.2) is 18.4 Å². The van der Waals surface area contributed by atoms with Crippen molar-refractivity contribution in [1.29, 1.82) is 0 Å². The highest BCUT2D eigenvalue weighted by Gasteiger charge is 2.14. The van der Waals surface area contributed by atoms with E-state index in [9.17, 15) is 9.59 Å². The minimum absolute atomic E-state index is 0.148. The first-order chi connectivity index (χ1) is 13.5. The van der Waals surface area contributed by atoms with E-state index in [1.165, 1.54) is 0 Å². The molecule has 6 nitrogen and oxygen atoms in total. The number of aryl methyl sites for hydroxylation is 2. The second-order valence-corrected chi connectivity index (χ2v) is 6.39. The van der Waals surface area contributed by atoms with Crippen LogP contribution in [0.1, 0.15) is 27.2 Å². The van der Waals surface area contributed by atoms with Crippen molar-refractivity contribution < 1.29 is 18.7 Å². The topological polar surface area (TPSA) is 80.6 Å². The molecule has 0 fully saturated rings. The maximum atomic E-state index is 12.5. The fraction of sp³-hybridized carbons (Fsp3) is 0.182. The fourth-order valence-corrected chi connectivity index (χ4v) is 2.60. The predicted octanol–water partition coefficient (Wildman–Crippen LogP) is 3.84. The van der Waals surface area contributed by atoms with Crippen molar-refractivity contribution in [3.63, 3.8) is 0 Å². The van der Waals surface area contributed by atoms with E-state index < -0.39 is 0 Å². The molecule has 2 amide bonds. The minimum atomic E-state index is -0.343. The van der Waals surface area contributed by atoms with Gasteiger partial charge in [0.1, 0.15) is 11.5 Å². The summed E-state index contributed by atoms with van der Waals surface area (Å²) in [5, 5.41) is 5.50. The molecular weight excluding hydrogens is 356 g/mol. The lowest BCUT2D eigenvalue weighted by Gasteiger charge is -2.12. The zero-order valence-corrected chi connectivity index (χ0v) is 15.8. The number of hydrogen-bond donors (Lipinski definition) is 2. The van der Waals surface area contributed by atoms with E-state index in [0.29, 0.717) is 22.8 Å². The molecule has 28 heavy (non-hydrogen) atoms. The first kappa shape index (κ1) is 19.2. The van der Waals surface area contributed by atoms with Crippen molar-refractivity contribution in [3.8, 4) is 5.75 Å². The van der Waals surface area contributed by atoms with E-state index in [2.05, 4.69) is 10.6 Å². The van der Waals surface area contributed by atoms with Gasteiger partial charge in [0.15, 0.2) is 6.61 Å². The van der Waals surface area contributed by atoms with Crippen LogP contribution in [0.15, 0.2) is 65.3 Å². The smallest absolute Gasteiger partial charge is 0.262 e. The van der Waals surface area contributed by atoms with Crippen LogP contribution in [-0.2, 0) is 11.3 Å². The minimum Gasteiger partial charge on any atom is -0.484 e. The predicted molar refractivity (Wildman–Crippen MR) is 106 cm³/mol. The van der Waals surface area contributed by atoms with Gasteiger partial charge in [-0.25, -0.2) is 0 Å². The van der Waals surface area contributed by atoms with Gasteiger partial charge in [-0.3, -0.25) is 9.59 Å². The third-order valence-electron chi connectivity index (χ3n) is 4.30. The zero-order valence-electron chi connectivity index (χ0n) is 15.8. The van der Waals surface area contributed by atoms with E-state index in [1.54, 1.807) is 42.7 Å². The average molecular weight is 378 g/mol. The molecule has 6 heteroatoms. The highest BCUT2D eigenvalue weighted by Crippen LogP contribution is 2.18. The summed E-state index contributed by atoms with van der Waals surface area (Å²) in [5.74, 6) is 0.631. The van der Waals surface area contributed by atoms with Crippen molar-refractivity contribution in [3.05, 3.63) is 83.3 Å². The second-order valence-electron chi connectivity index (χ2n) is 6.39. The third kappa shape index (κ3) is 5.01. The highest BCUT2D eigenvalue weighted by molar-refractivity contribution is 6.03. The number of carbonyl (C=O) groups excluding carboxylic acids is 2. The van der Waals surface area contributed by atoms with Crippen LogP contribution in [0.3, 0.4) is 0 Å². The van der Waals surface area contributed by atoms with Crippen molar-refractivity contribution in [2.45, 2.75) is 20.4 Å². The SMILES string of the molecule is Cc1ccc(OCC(=O)Nc2ccccc2C(=O)NCc2ccco2)cc1C. The normalized spacial score (nSPS) is 10.4. The standard InChI is InChI=1S/C22H22N2O4/c1-15-9-10-17(12-16(15)2)28-14-21(25)24-20-8-4-3-7-19(20)22(26)23-13-18-6-5-11-27-18/h3-12H,13-14H2,1-2H3,(H,23,26)(H,24,25). The summed E-state index contributed by atoms with van der Waals surface area (Å²) in [6.45, 7) is 4.12. The third-order valence-corrected chi connectivity index (χ3v) is 4.30. The van der Waals surface area contributed by atoms with Gasteiger partial charge in [0.25, 0.3) is 11.8 Å². The van der Waals surface area contributed by atoms with Gasteiger partial charge in [-0.05, 0) is 61.4 Å². The molecule has 0 bridgehead atoms. The number of carbonyl (C=O) groups is 2. The number of para-hydroxylation sites is 1. The average Bonchev–Trinajstić information content (AvgIpc) is 3.21. The number of rotatable bonds is 7. The summed E-state index contributed by atoms with van der Waals surface area (Å²) in [4.78, 5) is 24.7. The van der Waals surface area contributed by atoms with Crippen molar-refractivity contribution in [2.24, 2.45) is 0 Å². The molecule has 1 heterocycles. The van der Waals surface area contributed by atoms with Gasteiger partial charge in [0.2, 0.25) is 0 Å². The van der Waals surface area contributed by atoms with E-state index in [0.717, 1.165) is 11.1 Å². The molecule has 2 aromatic carbocycles. The van der Waals surface area contributed by atoms with Crippen LogP contribution in [0.25, 0.3) is 0 Å². The van der Waals surface area contributed by atoms with Crippen LogP contribution in [0, 0.1) is 13.8 Å². The Kier molecular flexibility index (Phi) is 6.11. The molecule has 1 aromatic heterocycles. The Bertz CT molecular complexity index is 964. The summed E-state index contributed by atoms with van der Waals surface area (Å²) in [6.07, 6.45) is 1.55. The molecule has 2 N–H and O–H groups in total. The molecule has 0 atom stereocenters. The van der Waals surface area contributed by atoms with Crippen molar-refractivity contribution in [2.75, 3.05) is 11.9 Å². The molecule has 3 aromatic rings. The lowest BCUT2D eigenvalue weighted by atomic mass is 10.1. The van der Waals surface area contributed by atoms with Crippen LogP contribution >= 0.6 is 0 Å². The Balaban J connectivity index is 1.59. The Morgan fingerprint density at radius 2 is 1.82 bits per heavy atom. The van der Waals surface area contributed by atoms with E-state index >= 15 is 0 Å². The van der Waals surface area contributed by atoms with Gasteiger partial charge in [0.05, 0.1) is 24.1 Å². The van der Waals surface area contributed by atoms with E-state index in [4.69, 9.17) is 9.15 Å². The van der Waals surface area contributed by atoms with Gasteiger partial charge in [-0.15, -0.1) is 0 Å². The van der Waals surface area contributed by atoms with Crippen LogP contribution in [0.5, 0.6) is 5.75 Å². The largest absolute Gasteiger partial charge is 0.484 e. The second kappa shape index (κ2) is 8.90. The molecular formula is C22H22N2O4. The van der Waals surface area contributed by atoms with Crippen LogP contribution in [0.4, 0.5) is 5.69 Å². The maximum Gasteiger partial charge on any atom is 0.262 e. The van der Waals surface area contributed by atoms with Crippen molar-refractivity contribution in [1.82, 2.24) is 5.32 Å². The molecule has 144 valence electrons. The lowest BCUT2D eigenvalue weighted by molar-refractivity contribution is -0.118. The van der Waals surface area contributed by atoms with Crippen molar-refractivity contribution >= 4 is 17.5 Å².